The molecule has 0 bridgehead atoms. The van der Waals surface area contributed by atoms with Crippen LogP contribution in [0.15, 0.2) is 53.6 Å². The van der Waals surface area contributed by atoms with E-state index in [0.29, 0.717) is 11.3 Å². The summed E-state index contributed by atoms with van der Waals surface area (Å²) in [7, 11) is -3.30. The number of benzene rings is 1. The Kier molecular flexibility index (Phi) is 4.94. The molecule has 0 amide bonds. The highest BCUT2D eigenvalue weighted by Crippen LogP contribution is 2.29. The monoisotopic (exact) mass is 345 g/mol. The van der Waals surface area contributed by atoms with Gasteiger partial charge >= 0.3 is 5.97 Å². The molecule has 0 radical (unpaired) electrons. The number of aromatic nitrogens is 1. The average molecular weight is 345 g/mol. The molecule has 1 aliphatic rings. The van der Waals surface area contributed by atoms with E-state index in [9.17, 15) is 13.2 Å². The Hall–Kier alpha value is -2.21. The molecule has 1 aromatic carbocycles. The summed E-state index contributed by atoms with van der Waals surface area (Å²) in [6, 6.07) is 11.4. The van der Waals surface area contributed by atoms with Gasteiger partial charge in [-0.3, -0.25) is 4.98 Å². The molecule has 0 N–H and O–H groups in total. The Morgan fingerprint density at radius 1 is 1.08 bits per heavy atom. The van der Waals surface area contributed by atoms with Crippen LogP contribution in [-0.4, -0.2) is 24.6 Å². The number of ether oxygens (including phenoxy) is 1. The molecule has 0 aliphatic heterocycles. The fourth-order valence-corrected chi connectivity index (χ4v) is 4.73. The predicted octanol–water partition coefficient (Wildman–Crippen LogP) is 3.15. The van der Waals surface area contributed by atoms with Gasteiger partial charge < -0.3 is 4.74 Å². The summed E-state index contributed by atoms with van der Waals surface area (Å²) >= 11 is 0. The molecule has 0 saturated heterocycles. The molecule has 1 heterocycles. The third-order valence-corrected chi connectivity index (χ3v) is 6.52. The number of hydrogen-bond donors (Lipinski definition) is 0. The Bertz CT molecular complexity index is 795. The maximum atomic E-state index is 12.5. The number of esters is 1. The first-order valence-corrected chi connectivity index (χ1v) is 9.53. The molecule has 1 aromatic heterocycles. The van der Waals surface area contributed by atoms with Gasteiger partial charge in [0.1, 0.15) is 6.61 Å². The number of carbonyl (C=O) groups is 1. The molecule has 1 aliphatic carbocycles. The zero-order valence-electron chi connectivity index (χ0n) is 13.2. The van der Waals surface area contributed by atoms with Crippen molar-refractivity contribution >= 4 is 15.8 Å². The van der Waals surface area contributed by atoms with Crippen LogP contribution < -0.4 is 0 Å². The summed E-state index contributed by atoms with van der Waals surface area (Å²) in [5.41, 5.74) is 0.989. The number of sulfone groups is 1. The SMILES string of the molecule is O=C(OCc1ccccn1)c1ccc(S(=O)(=O)C2CCCC2)cc1. The van der Waals surface area contributed by atoms with Crippen molar-refractivity contribution in [2.75, 3.05) is 0 Å². The fourth-order valence-electron chi connectivity index (χ4n) is 2.88. The maximum Gasteiger partial charge on any atom is 0.338 e. The second kappa shape index (κ2) is 7.13. The quantitative estimate of drug-likeness (QED) is 0.778. The van der Waals surface area contributed by atoms with Crippen molar-refractivity contribution in [3.05, 3.63) is 59.9 Å². The summed E-state index contributed by atoms with van der Waals surface area (Å²) in [5.74, 6) is -0.495. The highest BCUT2D eigenvalue weighted by molar-refractivity contribution is 7.92. The largest absolute Gasteiger partial charge is 0.456 e. The van der Waals surface area contributed by atoms with Crippen molar-refractivity contribution < 1.29 is 17.9 Å². The van der Waals surface area contributed by atoms with Crippen molar-refractivity contribution in [2.45, 2.75) is 42.4 Å². The summed E-state index contributed by atoms with van der Waals surface area (Å²) in [6.45, 7) is 0.0851. The zero-order chi connectivity index (χ0) is 17.0. The molecule has 5 nitrogen and oxygen atoms in total. The lowest BCUT2D eigenvalue weighted by molar-refractivity contribution is 0.0467. The van der Waals surface area contributed by atoms with Gasteiger partial charge in [-0.1, -0.05) is 18.9 Å². The Morgan fingerprint density at radius 3 is 2.42 bits per heavy atom. The Balaban J connectivity index is 1.66. The summed E-state index contributed by atoms with van der Waals surface area (Å²) in [6.07, 6.45) is 4.99. The number of rotatable bonds is 5. The Labute approximate surface area is 141 Å². The van der Waals surface area contributed by atoms with Gasteiger partial charge in [0.2, 0.25) is 0 Å². The van der Waals surface area contributed by atoms with Gasteiger partial charge in [-0.15, -0.1) is 0 Å². The molecule has 0 atom stereocenters. The third kappa shape index (κ3) is 3.64. The Morgan fingerprint density at radius 2 is 1.79 bits per heavy atom. The van der Waals surface area contributed by atoms with Crippen molar-refractivity contribution in [3.63, 3.8) is 0 Å². The molecule has 24 heavy (non-hydrogen) atoms. The second-order valence-corrected chi connectivity index (χ2v) is 8.10. The first kappa shape index (κ1) is 16.6. The first-order chi connectivity index (χ1) is 11.6. The van der Waals surface area contributed by atoms with Crippen LogP contribution in [0.4, 0.5) is 0 Å². The van der Waals surface area contributed by atoms with E-state index in [2.05, 4.69) is 4.98 Å². The second-order valence-electron chi connectivity index (χ2n) is 5.87. The molecule has 2 aromatic rings. The van der Waals surface area contributed by atoms with Gasteiger partial charge in [0.05, 0.1) is 21.4 Å². The minimum Gasteiger partial charge on any atom is -0.456 e. The smallest absolute Gasteiger partial charge is 0.338 e. The molecule has 6 heteroatoms. The van der Waals surface area contributed by atoms with Gasteiger partial charge in [-0.05, 0) is 49.2 Å². The standard InChI is InChI=1S/C18H19NO4S/c20-18(23-13-15-5-3-4-12-19-15)14-8-10-17(11-9-14)24(21,22)16-6-1-2-7-16/h3-5,8-12,16H,1-2,6-7,13H2. The first-order valence-electron chi connectivity index (χ1n) is 7.98. The van der Waals surface area contributed by atoms with E-state index < -0.39 is 15.8 Å². The molecule has 0 unspecified atom stereocenters. The average Bonchev–Trinajstić information content (AvgIpc) is 3.16. The van der Waals surface area contributed by atoms with Gasteiger partial charge in [-0.2, -0.15) is 0 Å². The van der Waals surface area contributed by atoms with Crippen LogP contribution in [0, 0.1) is 0 Å². The highest BCUT2D eigenvalue weighted by atomic mass is 32.2. The van der Waals surface area contributed by atoms with Crippen molar-refractivity contribution in [1.82, 2.24) is 4.98 Å². The van der Waals surface area contributed by atoms with Gasteiger partial charge in [0.15, 0.2) is 9.84 Å². The topological polar surface area (TPSA) is 73.3 Å². The molecular formula is C18H19NO4S. The van der Waals surface area contributed by atoms with Crippen molar-refractivity contribution in [3.8, 4) is 0 Å². The van der Waals surface area contributed by atoms with Crippen LogP contribution in [0.25, 0.3) is 0 Å². The molecular weight excluding hydrogens is 326 g/mol. The van der Waals surface area contributed by atoms with E-state index in [1.165, 1.54) is 24.3 Å². The lowest BCUT2D eigenvalue weighted by atomic mass is 10.2. The lowest BCUT2D eigenvalue weighted by Gasteiger charge is -2.11. The van der Waals surface area contributed by atoms with E-state index in [1.807, 2.05) is 6.07 Å². The van der Waals surface area contributed by atoms with E-state index in [-0.39, 0.29) is 16.8 Å². The van der Waals surface area contributed by atoms with Crippen LogP contribution in [0.1, 0.15) is 41.7 Å². The van der Waals surface area contributed by atoms with E-state index in [1.54, 1.807) is 18.3 Å². The number of nitrogens with zero attached hydrogens (tertiary/aromatic N) is 1. The molecule has 3 rings (SSSR count). The minimum absolute atomic E-state index is 0.0851. The van der Waals surface area contributed by atoms with Crippen LogP contribution in [0.3, 0.4) is 0 Å². The number of hydrogen-bond acceptors (Lipinski definition) is 5. The number of pyridine rings is 1. The molecule has 1 saturated carbocycles. The van der Waals surface area contributed by atoms with Crippen molar-refractivity contribution in [1.29, 1.82) is 0 Å². The third-order valence-electron chi connectivity index (χ3n) is 4.24. The van der Waals surface area contributed by atoms with Crippen LogP contribution >= 0.6 is 0 Å². The van der Waals surface area contributed by atoms with Crippen LogP contribution in [-0.2, 0) is 21.2 Å². The van der Waals surface area contributed by atoms with Crippen molar-refractivity contribution in [2.24, 2.45) is 0 Å². The molecule has 0 spiro atoms. The van der Waals surface area contributed by atoms with E-state index in [4.69, 9.17) is 4.74 Å². The van der Waals surface area contributed by atoms with E-state index >= 15 is 0 Å². The predicted molar refractivity (Wildman–Crippen MR) is 89.2 cm³/mol. The minimum atomic E-state index is -3.30. The van der Waals surface area contributed by atoms with Crippen LogP contribution in [0.2, 0.25) is 0 Å². The van der Waals surface area contributed by atoms with Crippen LogP contribution in [0.5, 0.6) is 0 Å². The van der Waals surface area contributed by atoms with Gasteiger partial charge in [-0.25, -0.2) is 13.2 Å². The fraction of sp³-hybridized carbons (Fsp3) is 0.333. The maximum absolute atomic E-state index is 12.5. The van der Waals surface area contributed by atoms with Gasteiger partial charge in [0, 0.05) is 6.20 Å². The zero-order valence-corrected chi connectivity index (χ0v) is 14.0. The normalized spacial score (nSPS) is 15.3. The van der Waals surface area contributed by atoms with Gasteiger partial charge in [0.25, 0.3) is 0 Å². The molecule has 1 fully saturated rings. The summed E-state index contributed by atoms with van der Waals surface area (Å²) < 4.78 is 30.2. The lowest BCUT2D eigenvalue weighted by Crippen LogP contribution is -2.18. The summed E-state index contributed by atoms with van der Waals surface area (Å²) in [4.78, 5) is 16.4. The molecule has 126 valence electrons. The van der Waals surface area contributed by atoms with E-state index in [0.717, 1.165) is 25.7 Å². The summed E-state index contributed by atoms with van der Waals surface area (Å²) in [5, 5.41) is -0.292. The number of carbonyl (C=O) groups excluding carboxylic acids is 1. The highest BCUT2D eigenvalue weighted by Gasteiger charge is 2.30.